The van der Waals surface area contributed by atoms with E-state index in [-0.39, 0.29) is 6.10 Å². The molecule has 1 aliphatic heterocycles. The molecule has 4 nitrogen and oxygen atoms in total. The molecule has 2 rings (SSSR count). The van der Waals surface area contributed by atoms with Crippen molar-refractivity contribution >= 4 is 0 Å². The molecule has 0 radical (unpaired) electrons. The van der Waals surface area contributed by atoms with E-state index in [0.717, 1.165) is 26.1 Å². The van der Waals surface area contributed by atoms with E-state index < -0.39 is 0 Å². The average Bonchev–Trinajstić information content (AvgIpc) is 2.67. The van der Waals surface area contributed by atoms with E-state index in [0.29, 0.717) is 6.04 Å². The summed E-state index contributed by atoms with van der Waals surface area (Å²) in [4.78, 5) is 6.44. The Morgan fingerprint density at radius 3 is 3.06 bits per heavy atom. The molecule has 0 aliphatic carbocycles. The van der Waals surface area contributed by atoms with Crippen LogP contribution in [0.1, 0.15) is 17.5 Å². The number of nitrogens with one attached hydrogen (secondary N) is 1. The van der Waals surface area contributed by atoms with Gasteiger partial charge in [-0.3, -0.25) is 4.98 Å². The summed E-state index contributed by atoms with van der Waals surface area (Å²) in [5.41, 5.74) is 2.56. The summed E-state index contributed by atoms with van der Waals surface area (Å²) in [5.74, 6) is 0. The largest absolute Gasteiger partial charge is 0.392 e. The third kappa shape index (κ3) is 3.49. The summed E-state index contributed by atoms with van der Waals surface area (Å²) in [7, 11) is 2.11. The van der Waals surface area contributed by atoms with Gasteiger partial charge in [-0.2, -0.15) is 0 Å². The first-order valence-corrected chi connectivity index (χ1v) is 6.14. The molecule has 4 heteroatoms. The van der Waals surface area contributed by atoms with Crippen molar-refractivity contribution in [1.82, 2.24) is 15.2 Å². The highest BCUT2D eigenvalue weighted by Crippen LogP contribution is 2.11. The van der Waals surface area contributed by atoms with Crippen LogP contribution in [0.2, 0.25) is 0 Å². The zero-order valence-corrected chi connectivity index (χ0v) is 10.6. The van der Waals surface area contributed by atoms with Crippen LogP contribution in [0.3, 0.4) is 0 Å². The maximum Gasteiger partial charge on any atom is 0.0680 e. The van der Waals surface area contributed by atoms with Gasteiger partial charge in [-0.15, -0.1) is 0 Å². The number of aryl methyl sites for hydroxylation is 1. The Hall–Kier alpha value is -0.970. The monoisotopic (exact) mass is 235 g/mol. The predicted octanol–water partition coefficient (Wildman–Crippen LogP) is 0.545. The molecule has 2 atom stereocenters. The number of nitrogens with zero attached hydrogens (tertiary/aromatic N) is 2. The SMILES string of the molecule is Cc1ccncc1CN(C)C[C@@H]1C[C@@H](O)CN1. The molecule has 1 saturated heterocycles. The lowest BCUT2D eigenvalue weighted by Gasteiger charge is -2.21. The summed E-state index contributed by atoms with van der Waals surface area (Å²) >= 11 is 0. The first-order chi connectivity index (χ1) is 8.15. The molecule has 94 valence electrons. The summed E-state index contributed by atoms with van der Waals surface area (Å²) in [6.07, 6.45) is 4.45. The highest BCUT2D eigenvalue weighted by molar-refractivity contribution is 5.21. The number of likely N-dealkylation sites (N-methyl/N-ethyl adjacent to an activating group) is 1. The molecule has 0 spiro atoms. The van der Waals surface area contributed by atoms with Gasteiger partial charge in [0.05, 0.1) is 6.10 Å². The van der Waals surface area contributed by atoms with Crippen molar-refractivity contribution in [3.05, 3.63) is 29.6 Å². The van der Waals surface area contributed by atoms with E-state index in [1.54, 1.807) is 0 Å². The highest BCUT2D eigenvalue weighted by atomic mass is 16.3. The fourth-order valence-electron chi connectivity index (χ4n) is 2.33. The van der Waals surface area contributed by atoms with E-state index in [1.807, 2.05) is 18.5 Å². The summed E-state index contributed by atoms with van der Waals surface area (Å²) in [6, 6.07) is 2.45. The topological polar surface area (TPSA) is 48.4 Å². The van der Waals surface area contributed by atoms with E-state index in [2.05, 4.69) is 29.2 Å². The van der Waals surface area contributed by atoms with Crippen molar-refractivity contribution in [1.29, 1.82) is 0 Å². The van der Waals surface area contributed by atoms with Gasteiger partial charge in [0.15, 0.2) is 0 Å². The van der Waals surface area contributed by atoms with Gasteiger partial charge < -0.3 is 15.3 Å². The van der Waals surface area contributed by atoms with Crippen LogP contribution in [0.5, 0.6) is 0 Å². The Kier molecular flexibility index (Phi) is 4.10. The maximum atomic E-state index is 9.46. The van der Waals surface area contributed by atoms with Gasteiger partial charge in [-0.05, 0) is 37.6 Å². The quantitative estimate of drug-likeness (QED) is 0.800. The number of hydrogen-bond donors (Lipinski definition) is 2. The Labute approximate surface area is 103 Å². The standard InChI is InChI=1S/C13H21N3O/c1-10-3-4-14-6-11(10)8-16(2)9-12-5-13(17)7-15-12/h3-4,6,12-13,15,17H,5,7-9H2,1-2H3/t12-,13+/m0/s1. The van der Waals surface area contributed by atoms with E-state index >= 15 is 0 Å². The Morgan fingerprint density at radius 2 is 2.41 bits per heavy atom. The minimum Gasteiger partial charge on any atom is -0.392 e. The number of aromatic nitrogens is 1. The number of rotatable bonds is 4. The molecular formula is C13H21N3O. The van der Waals surface area contributed by atoms with Gasteiger partial charge in [0.1, 0.15) is 0 Å². The van der Waals surface area contributed by atoms with Crippen LogP contribution in [0.4, 0.5) is 0 Å². The zero-order valence-electron chi connectivity index (χ0n) is 10.6. The van der Waals surface area contributed by atoms with Gasteiger partial charge >= 0.3 is 0 Å². The van der Waals surface area contributed by atoms with E-state index in [9.17, 15) is 5.11 Å². The Morgan fingerprint density at radius 1 is 1.59 bits per heavy atom. The zero-order chi connectivity index (χ0) is 12.3. The summed E-state index contributed by atoms with van der Waals surface area (Å²) in [6.45, 7) is 4.71. The smallest absolute Gasteiger partial charge is 0.0680 e. The van der Waals surface area contributed by atoms with Crippen molar-refractivity contribution in [2.45, 2.75) is 32.0 Å². The number of hydrogen-bond acceptors (Lipinski definition) is 4. The van der Waals surface area contributed by atoms with Gasteiger partial charge in [-0.25, -0.2) is 0 Å². The molecule has 0 bridgehead atoms. The first kappa shape index (κ1) is 12.5. The number of aliphatic hydroxyl groups excluding tert-OH is 1. The van der Waals surface area contributed by atoms with Gasteiger partial charge in [0.25, 0.3) is 0 Å². The summed E-state index contributed by atoms with van der Waals surface area (Å²) in [5, 5.41) is 12.8. The second-order valence-electron chi connectivity index (χ2n) is 4.99. The second-order valence-corrected chi connectivity index (χ2v) is 4.99. The third-order valence-corrected chi connectivity index (χ3v) is 3.32. The third-order valence-electron chi connectivity index (χ3n) is 3.32. The first-order valence-electron chi connectivity index (χ1n) is 6.14. The second kappa shape index (κ2) is 5.58. The molecule has 0 amide bonds. The molecule has 1 aliphatic rings. The average molecular weight is 235 g/mol. The van der Waals surface area contributed by atoms with Crippen molar-refractivity contribution in [3.63, 3.8) is 0 Å². The van der Waals surface area contributed by atoms with Crippen LogP contribution in [-0.4, -0.2) is 47.3 Å². The van der Waals surface area contributed by atoms with E-state index in [4.69, 9.17) is 0 Å². The molecular weight excluding hydrogens is 214 g/mol. The molecule has 2 N–H and O–H groups in total. The normalized spacial score (nSPS) is 24.5. The summed E-state index contributed by atoms with van der Waals surface area (Å²) < 4.78 is 0. The van der Waals surface area contributed by atoms with Crippen LogP contribution in [0.25, 0.3) is 0 Å². The predicted molar refractivity (Wildman–Crippen MR) is 67.7 cm³/mol. The highest BCUT2D eigenvalue weighted by Gasteiger charge is 2.22. The van der Waals surface area contributed by atoms with Crippen LogP contribution >= 0.6 is 0 Å². The molecule has 0 aromatic carbocycles. The lowest BCUT2D eigenvalue weighted by atomic mass is 10.1. The van der Waals surface area contributed by atoms with Gasteiger partial charge in [0.2, 0.25) is 0 Å². The minimum atomic E-state index is -0.173. The molecule has 2 heterocycles. The van der Waals surface area contributed by atoms with Crippen molar-refractivity contribution in [2.75, 3.05) is 20.1 Å². The Bertz CT molecular complexity index is 369. The van der Waals surface area contributed by atoms with Crippen molar-refractivity contribution in [3.8, 4) is 0 Å². The van der Waals surface area contributed by atoms with Crippen molar-refractivity contribution in [2.24, 2.45) is 0 Å². The van der Waals surface area contributed by atoms with Gasteiger partial charge in [0, 0.05) is 38.1 Å². The minimum absolute atomic E-state index is 0.173. The number of pyridine rings is 1. The molecule has 1 aromatic heterocycles. The van der Waals surface area contributed by atoms with Crippen LogP contribution in [0.15, 0.2) is 18.5 Å². The maximum absolute atomic E-state index is 9.46. The Balaban J connectivity index is 1.85. The molecule has 1 fully saturated rings. The van der Waals surface area contributed by atoms with Crippen LogP contribution < -0.4 is 5.32 Å². The molecule has 0 unspecified atom stereocenters. The van der Waals surface area contributed by atoms with Crippen LogP contribution in [-0.2, 0) is 6.54 Å². The fraction of sp³-hybridized carbons (Fsp3) is 0.615. The lowest BCUT2D eigenvalue weighted by molar-refractivity contribution is 0.189. The number of β-amino-alcohol motifs (C(OH)–C–C–N with tert-alkyl or cyclic N) is 1. The lowest BCUT2D eigenvalue weighted by Crippen LogP contribution is -2.35. The van der Waals surface area contributed by atoms with Gasteiger partial charge in [-0.1, -0.05) is 0 Å². The molecule has 17 heavy (non-hydrogen) atoms. The molecule has 0 saturated carbocycles. The van der Waals surface area contributed by atoms with Crippen molar-refractivity contribution < 1.29 is 5.11 Å². The van der Waals surface area contributed by atoms with E-state index in [1.165, 1.54) is 11.1 Å². The fourth-order valence-corrected chi connectivity index (χ4v) is 2.33. The van der Waals surface area contributed by atoms with Crippen LogP contribution in [0, 0.1) is 6.92 Å². The number of aliphatic hydroxyl groups is 1. The molecule has 1 aromatic rings.